The molecule has 0 radical (unpaired) electrons. The van der Waals surface area contributed by atoms with Crippen LogP contribution in [-0.4, -0.2) is 39.8 Å². The van der Waals surface area contributed by atoms with Gasteiger partial charge in [0.2, 0.25) is 5.91 Å². The number of aryl methyl sites for hydroxylation is 1. The predicted octanol–water partition coefficient (Wildman–Crippen LogP) is 4.66. The molecule has 2 aliphatic rings. The van der Waals surface area contributed by atoms with Crippen LogP contribution in [0.3, 0.4) is 0 Å². The highest BCUT2D eigenvalue weighted by molar-refractivity contribution is 6.34. The molecule has 172 valence electrons. The van der Waals surface area contributed by atoms with E-state index in [4.69, 9.17) is 16.3 Å². The highest BCUT2D eigenvalue weighted by Crippen LogP contribution is 2.41. The third-order valence-corrected chi connectivity index (χ3v) is 6.97. The molecule has 7 nitrogen and oxygen atoms in total. The molecule has 0 aliphatic carbocycles. The standard InChI is InChI=1S/C25H28ClN5O2/c1-16-28-25(2,14-23(32)31(16)17-10-12-33-13-11-17)19-6-4-9-22(24(19)26)27-20-7-5-8-21-18(20)15-30(3)29-21/h4-9,15,17,27-28H,1,10-14H2,2-3H3/t25-/m0/s1. The Morgan fingerprint density at radius 1 is 1.21 bits per heavy atom. The molecule has 0 saturated carbocycles. The van der Waals surface area contributed by atoms with Crippen LogP contribution in [0.1, 0.15) is 31.7 Å². The Bertz CT molecular complexity index is 1210. The summed E-state index contributed by atoms with van der Waals surface area (Å²) < 4.78 is 7.25. The number of carbonyl (C=O) groups excluding carboxylic acids is 1. The number of halogens is 1. The number of anilines is 2. The zero-order chi connectivity index (χ0) is 23.2. The second-order valence-electron chi connectivity index (χ2n) is 9.02. The maximum atomic E-state index is 13.2. The summed E-state index contributed by atoms with van der Waals surface area (Å²) in [5.41, 5.74) is 2.80. The fourth-order valence-electron chi connectivity index (χ4n) is 4.96. The molecule has 8 heteroatoms. The molecule has 1 aromatic heterocycles. The molecular formula is C25H28ClN5O2. The number of nitrogens with one attached hydrogen (secondary N) is 2. The summed E-state index contributed by atoms with van der Waals surface area (Å²) in [5.74, 6) is 0.679. The van der Waals surface area contributed by atoms with Crippen molar-refractivity contribution in [3.05, 3.63) is 65.6 Å². The Morgan fingerprint density at radius 2 is 1.94 bits per heavy atom. The molecule has 1 atom stereocenters. The molecule has 2 N–H and O–H groups in total. The number of ether oxygens (including phenoxy) is 1. The lowest BCUT2D eigenvalue weighted by Gasteiger charge is -2.46. The van der Waals surface area contributed by atoms with Gasteiger partial charge in [-0.05, 0) is 43.5 Å². The average molecular weight is 466 g/mol. The van der Waals surface area contributed by atoms with Crippen molar-refractivity contribution in [1.29, 1.82) is 0 Å². The first-order chi connectivity index (χ1) is 15.9. The number of fused-ring (bicyclic) bond motifs is 1. The Balaban J connectivity index is 1.43. The average Bonchev–Trinajstić information content (AvgIpc) is 3.16. The van der Waals surface area contributed by atoms with E-state index in [9.17, 15) is 4.79 Å². The van der Waals surface area contributed by atoms with Crippen molar-refractivity contribution in [1.82, 2.24) is 20.0 Å². The second kappa shape index (κ2) is 8.39. The molecule has 0 unspecified atom stereocenters. The third-order valence-electron chi connectivity index (χ3n) is 6.57. The third kappa shape index (κ3) is 3.96. The summed E-state index contributed by atoms with van der Waals surface area (Å²) in [6, 6.07) is 11.9. The van der Waals surface area contributed by atoms with Crippen molar-refractivity contribution >= 4 is 39.8 Å². The lowest BCUT2D eigenvalue weighted by Crippen LogP contribution is -2.57. The van der Waals surface area contributed by atoms with Crippen LogP contribution >= 0.6 is 11.6 Å². The summed E-state index contributed by atoms with van der Waals surface area (Å²) in [5, 5.41) is 13.0. The number of nitrogens with zero attached hydrogens (tertiary/aromatic N) is 3. The fourth-order valence-corrected chi connectivity index (χ4v) is 5.34. The largest absolute Gasteiger partial charge is 0.381 e. The van der Waals surface area contributed by atoms with E-state index in [-0.39, 0.29) is 11.9 Å². The van der Waals surface area contributed by atoms with E-state index < -0.39 is 5.54 Å². The highest BCUT2D eigenvalue weighted by Gasteiger charge is 2.42. The molecule has 2 aromatic carbocycles. The topological polar surface area (TPSA) is 71.4 Å². The summed E-state index contributed by atoms with van der Waals surface area (Å²) in [6.45, 7) is 7.53. The number of hydrogen-bond donors (Lipinski definition) is 2. The van der Waals surface area contributed by atoms with Crippen LogP contribution in [0, 0.1) is 0 Å². The van der Waals surface area contributed by atoms with Crippen molar-refractivity contribution in [3.8, 4) is 0 Å². The van der Waals surface area contributed by atoms with Gasteiger partial charge in [0, 0.05) is 43.6 Å². The molecule has 33 heavy (non-hydrogen) atoms. The van der Waals surface area contributed by atoms with Gasteiger partial charge in [-0.2, -0.15) is 5.10 Å². The summed E-state index contributed by atoms with van der Waals surface area (Å²) in [7, 11) is 1.90. The minimum absolute atomic E-state index is 0.0581. The molecule has 1 amide bonds. The molecular weight excluding hydrogens is 438 g/mol. The van der Waals surface area contributed by atoms with Crippen molar-refractivity contribution in [2.24, 2.45) is 7.05 Å². The van der Waals surface area contributed by atoms with Crippen molar-refractivity contribution in [2.75, 3.05) is 18.5 Å². The first-order valence-corrected chi connectivity index (χ1v) is 11.6. The molecule has 2 aliphatic heterocycles. The van der Waals surface area contributed by atoms with E-state index in [0.29, 0.717) is 30.5 Å². The smallest absolute Gasteiger partial charge is 0.231 e. The molecule has 0 bridgehead atoms. The minimum atomic E-state index is -0.662. The SMILES string of the molecule is C=C1N[C@](C)(c2cccc(Nc3cccc4nn(C)cc34)c2Cl)CC(=O)N1C1CCOCC1. The number of benzene rings is 2. The highest BCUT2D eigenvalue weighted by atomic mass is 35.5. The van der Waals surface area contributed by atoms with Gasteiger partial charge in [0.1, 0.15) is 5.82 Å². The van der Waals surface area contributed by atoms with Gasteiger partial charge in [0.15, 0.2) is 0 Å². The number of amides is 1. The zero-order valence-electron chi connectivity index (χ0n) is 18.9. The minimum Gasteiger partial charge on any atom is -0.381 e. The van der Waals surface area contributed by atoms with Gasteiger partial charge in [0.05, 0.1) is 28.2 Å². The number of rotatable bonds is 4. The fraction of sp³-hybridized carbons (Fsp3) is 0.360. The summed E-state index contributed by atoms with van der Waals surface area (Å²) >= 11 is 6.92. The van der Waals surface area contributed by atoms with Crippen LogP contribution in [-0.2, 0) is 22.1 Å². The second-order valence-corrected chi connectivity index (χ2v) is 9.40. The van der Waals surface area contributed by atoms with Gasteiger partial charge < -0.3 is 15.4 Å². The lowest BCUT2D eigenvalue weighted by molar-refractivity contribution is -0.137. The van der Waals surface area contributed by atoms with Gasteiger partial charge in [0.25, 0.3) is 0 Å². The van der Waals surface area contributed by atoms with Gasteiger partial charge in [-0.25, -0.2) is 0 Å². The number of carbonyl (C=O) groups is 1. The molecule has 3 heterocycles. The maximum absolute atomic E-state index is 13.2. The maximum Gasteiger partial charge on any atom is 0.231 e. The van der Waals surface area contributed by atoms with E-state index in [1.165, 1.54) is 0 Å². The van der Waals surface area contributed by atoms with Gasteiger partial charge in [-0.15, -0.1) is 0 Å². The van der Waals surface area contributed by atoms with Crippen LogP contribution < -0.4 is 10.6 Å². The van der Waals surface area contributed by atoms with Crippen LogP contribution in [0.4, 0.5) is 11.4 Å². The van der Waals surface area contributed by atoms with Crippen LogP contribution in [0.25, 0.3) is 10.9 Å². The Kier molecular flexibility index (Phi) is 5.54. The van der Waals surface area contributed by atoms with Crippen LogP contribution in [0.2, 0.25) is 5.02 Å². The van der Waals surface area contributed by atoms with Crippen molar-refractivity contribution in [2.45, 2.75) is 37.8 Å². The van der Waals surface area contributed by atoms with Crippen LogP contribution in [0.15, 0.2) is 55.0 Å². The van der Waals surface area contributed by atoms with Gasteiger partial charge >= 0.3 is 0 Å². The quantitative estimate of drug-likeness (QED) is 0.586. The first-order valence-electron chi connectivity index (χ1n) is 11.2. The Hall–Kier alpha value is -3.03. The summed E-state index contributed by atoms with van der Waals surface area (Å²) in [4.78, 5) is 15.1. The van der Waals surface area contributed by atoms with Crippen molar-refractivity contribution in [3.63, 3.8) is 0 Å². The molecule has 5 rings (SSSR count). The monoisotopic (exact) mass is 465 g/mol. The zero-order valence-corrected chi connectivity index (χ0v) is 19.7. The van der Waals surface area contributed by atoms with E-state index in [0.717, 1.165) is 40.7 Å². The molecule has 2 fully saturated rings. The number of hydrogen-bond acceptors (Lipinski definition) is 5. The Morgan fingerprint density at radius 3 is 2.70 bits per heavy atom. The molecule has 3 aromatic rings. The Labute approximate surface area is 198 Å². The normalized spacial score (nSPS) is 22.0. The number of aromatic nitrogens is 2. The van der Waals surface area contributed by atoms with E-state index >= 15 is 0 Å². The van der Waals surface area contributed by atoms with Gasteiger partial charge in [-0.1, -0.05) is 36.4 Å². The first kappa shape index (κ1) is 21.8. The van der Waals surface area contributed by atoms with Crippen molar-refractivity contribution < 1.29 is 9.53 Å². The van der Waals surface area contributed by atoms with Crippen LogP contribution in [0.5, 0.6) is 0 Å². The molecule has 0 spiro atoms. The van der Waals surface area contributed by atoms with E-state index in [1.807, 2.05) is 61.5 Å². The van der Waals surface area contributed by atoms with E-state index in [1.54, 1.807) is 4.68 Å². The predicted molar refractivity (Wildman–Crippen MR) is 130 cm³/mol. The lowest BCUT2D eigenvalue weighted by atomic mass is 9.85. The molecule has 2 saturated heterocycles. The summed E-state index contributed by atoms with van der Waals surface area (Å²) in [6.07, 6.45) is 3.92. The van der Waals surface area contributed by atoms with Gasteiger partial charge in [-0.3, -0.25) is 14.4 Å². The van der Waals surface area contributed by atoms with E-state index in [2.05, 4.69) is 22.3 Å².